The second-order valence-electron chi connectivity index (χ2n) is 6.71. The molecule has 0 saturated carbocycles. The zero-order valence-corrected chi connectivity index (χ0v) is 13.2. The molecule has 0 aromatic rings. The van der Waals surface area contributed by atoms with Crippen molar-refractivity contribution in [3.8, 4) is 0 Å². The number of likely N-dealkylation sites (N-methyl/N-ethyl adjacent to an activating group) is 1. The average Bonchev–Trinajstić information content (AvgIpc) is 2.28. The van der Waals surface area contributed by atoms with Crippen LogP contribution in [-0.2, 0) is 0 Å². The van der Waals surface area contributed by atoms with E-state index in [4.69, 9.17) is 0 Å². The van der Waals surface area contributed by atoms with Crippen molar-refractivity contribution in [1.82, 2.24) is 15.1 Å². The fraction of sp³-hybridized carbons (Fsp3) is 1.00. The van der Waals surface area contributed by atoms with Gasteiger partial charge in [-0.2, -0.15) is 0 Å². The molecule has 1 heterocycles. The predicted octanol–water partition coefficient (Wildman–Crippen LogP) is 1.89. The summed E-state index contributed by atoms with van der Waals surface area (Å²) in [7, 11) is 6.56. The third-order valence-electron chi connectivity index (χ3n) is 4.31. The van der Waals surface area contributed by atoms with Crippen molar-refractivity contribution in [3.05, 3.63) is 0 Å². The Hall–Kier alpha value is -0.120. The van der Waals surface area contributed by atoms with E-state index < -0.39 is 0 Å². The van der Waals surface area contributed by atoms with E-state index in [9.17, 15) is 0 Å². The molecule has 2 unspecified atom stereocenters. The van der Waals surface area contributed by atoms with Crippen LogP contribution in [0.3, 0.4) is 0 Å². The molecule has 3 heteroatoms. The van der Waals surface area contributed by atoms with Gasteiger partial charge in [-0.25, -0.2) is 0 Å². The molecule has 1 N–H and O–H groups in total. The first-order valence-corrected chi connectivity index (χ1v) is 7.49. The first kappa shape index (κ1) is 15.9. The molecule has 3 nitrogen and oxygen atoms in total. The van der Waals surface area contributed by atoms with Gasteiger partial charge < -0.3 is 15.1 Å². The number of piperidine rings is 1. The number of rotatable bonds is 6. The van der Waals surface area contributed by atoms with Crippen LogP contribution in [0.4, 0.5) is 0 Å². The maximum atomic E-state index is 3.87. The van der Waals surface area contributed by atoms with Gasteiger partial charge in [0.1, 0.15) is 0 Å². The van der Waals surface area contributed by atoms with Crippen LogP contribution >= 0.6 is 0 Å². The molecule has 1 aliphatic rings. The van der Waals surface area contributed by atoms with Gasteiger partial charge >= 0.3 is 0 Å². The number of nitrogens with one attached hydrogen (secondary N) is 1. The van der Waals surface area contributed by atoms with Crippen LogP contribution in [0.5, 0.6) is 0 Å². The van der Waals surface area contributed by atoms with Crippen LogP contribution in [0.25, 0.3) is 0 Å². The van der Waals surface area contributed by atoms with Crippen molar-refractivity contribution in [3.63, 3.8) is 0 Å². The summed E-state index contributed by atoms with van der Waals surface area (Å²) in [4.78, 5) is 4.74. The summed E-state index contributed by atoms with van der Waals surface area (Å²) in [6.07, 6.45) is 2.69. The zero-order chi connectivity index (χ0) is 13.7. The number of likely N-dealkylation sites (tertiary alicyclic amines) is 1. The molecule has 2 atom stereocenters. The van der Waals surface area contributed by atoms with E-state index in [1.807, 2.05) is 0 Å². The standard InChI is InChI=1S/C15H33N3/c1-12(2)15(11-17(4)5)16-13(3)14-7-9-18(6)10-8-14/h12-16H,7-11H2,1-6H3. The van der Waals surface area contributed by atoms with E-state index >= 15 is 0 Å². The van der Waals surface area contributed by atoms with E-state index in [0.29, 0.717) is 18.0 Å². The molecule has 0 radical (unpaired) electrons. The number of nitrogens with zero attached hydrogens (tertiary/aromatic N) is 2. The molecule has 0 aromatic heterocycles. The lowest BCUT2D eigenvalue weighted by Crippen LogP contribution is -2.50. The van der Waals surface area contributed by atoms with Gasteiger partial charge in [0, 0.05) is 18.6 Å². The van der Waals surface area contributed by atoms with Crippen LogP contribution in [0.15, 0.2) is 0 Å². The molecule has 0 bridgehead atoms. The highest BCUT2D eigenvalue weighted by Crippen LogP contribution is 2.20. The summed E-state index contributed by atoms with van der Waals surface area (Å²) in [5, 5.41) is 3.87. The fourth-order valence-corrected chi connectivity index (χ4v) is 2.85. The van der Waals surface area contributed by atoms with Gasteiger partial charge in [0.25, 0.3) is 0 Å². The maximum Gasteiger partial charge on any atom is 0.0220 e. The zero-order valence-electron chi connectivity index (χ0n) is 13.2. The molecule has 18 heavy (non-hydrogen) atoms. The van der Waals surface area contributed by atoms with Gasteiger partial charge in [-0.3, -0.25) is 0 Å². The predicted molar refractivity (Wildman–Crippen MR) is 80.0 cm³/mol. The van der Waals surface area contributed by atoms with Crippen LogP contribution in [0.1, 0.15) is 33.6 Å². The van der Waals surface area contributed by atoms with Crippen LogP contribution in [0.2, 0.25) is 0 Å². The Morgan fingerprint density at radius 1 is 1.17 bits per heavy atom. The molecular weight excluding hydrogens is 222 g/mol. The first-order valence-electron chi connectivity index (χ1n) is 7.49. The van der Waals surface area contributed by atoms with Gasteiger partial charge in [0.2, 0.25) is 0 Å². The van der Waals surface area contributed by atoms with E-state index in [1.54, 1.807) is 0 Å². The lowest BCUT2D eigenvalue weighted by atomic mass is 9.89. The summed E-state index contributed by atoms with van der Waals surface area (Å²) >= 11 is 0. The number of hydrogen-bond donors (Lipinski definition) is 1. The van der Waals surface area contributed by atoms with Crippen molar-refractivity contribution in [2.24, 2.45) is 11.8 Å². The second kappa shape index (κ2) is 7.46. The smallest absolute Gasteiger partial charge is 0.0220 e. The summed E-state index contributed by atoms with van der Waals surface area (Å²) in [6.45, 7) is 10.7. The lowest BCUT2D eigenvalue weighted by Gasteiger charge is -2.36. The van der Waals surface area contributed by atoms with E-state index in [0.717, 1.165) is 12.5 Å². The third kappa shape index (κ3) is 5.25. The third-order valence-corrected chi connectivity index (χ3v) is 4.31. The molecule has 108 valence electrons. The van der Waals surface area contributed by atoms with Gasteiger partial charge in [0.05, 0.1) is 0 Å². The molecule has 0 aliphatic carbocycles. The highest BCUT2D eigenvalue weighted by Gasteiger charge is 2.25. The van der Waals surface area contributed by atoms with Gasteiger partial charge in [-0.05, 0) is 65.8 Å². The first-order chi connectivity index (χ1) is 8.40. The minimum Gasteiger partial charge on any atom is -0.310 e. The molecule has 1 saturated heterocycles. The van der Waals surface area contributed by atoms with E-state index in [-0.39, 0.29) is 0 Å². The largest absolute Gasteiger partial charge is 0.310 e. The molecule has 0 spiro atoms. The topological polar surface area (TPSA) is 18.5 Å². The Morgan fingerprint density at radius 3 is 2.17 bits per heavy atom. The minimum atomic E-state index is 0.606. The Morgan fingerprint density at radius 2 is 1.72 bits per heavy atom. The minimum absolute atomic E-state index is 0.606. The van der Waals surface area contributed by atoms with Gasteiger partial charge in [-0.1, -0.05) is 13.8 Å². The summed E-state index contributed by atoms with van der Waals surface area (Å²) in [6, 6.07) is 1.25. The van der Waals surface area contributed by atoms with Gasteiger partial charge in [0.15, 0.2) is 0 Å². The van der Waals surface area contributed by atoms with Crippen LogP contribution < -0.4 is 5.32 Å². The number of hydrogen-bond acceptors (Lipinski definition) is 3. The molecule has 1 fully saturated rings. The monoisotopic (exact) mass is 255 g/mol. The SMILES string of the molecule is CC(C)C(CN(C)C)NC(C)C1CCN(C)CC1. The summed E-state index contributed by atoms with van der Waals surface area (Å²) in [5.74, 6) is 1.55. The van der Waals surface area contributed by atoms with Crippen molar-refractivity contribution in [2.45, 2.75) is 45.7 Å². The Labute approximate surface area is 114 Å². The average molecular weight is 255 g/mol. The Bertz CT molecular complexity index is 220. The molecule has 0 amide bonds. The highest BCUT2D eigenvalue weighted by atomic mass is 15.1. The van der Waals surface area contributed by atoms with E-state index in [1.165, 1.54) is 25.9 Å². The molecule has 1 aliphatic heterocycles. The van der Waals surface area contributed by atoms with E-state index in [2.05, 4.69) is 57.0 Å². The van der Waals surface area contributed by atoms with Crippen molar-refractivity contribution in [1.29, 1.82) is 0 Å². The van der Waals surface area contributed by atoms with Crippen molar-refractivity contribution < 1.29 is 0 Å². The summed E-state index contributed by atoms with van der Waals surface area (Å²) in [5.41, 5.74) is 0. The molecule has 1 rings (SSSR count). The van der Waals surface area contributed by atoms with Crippen molar-refractivity contribution in [2.75, 3.05) is 40.8 Å². The molecular formula is C15H33N3. The van der Waals surface area contributed by atoms with Crippen LogP contribution in [0, 0.1) is 11.8 Å². The maximum absolute atomic E-state index is 3.87. The van der Waals surface area contributed by atoms with Crippen molar-refractivity contribution >= 4 is 0 Å². The lowest BCUT2D eigenvalue weighted by molar-refractivity contribution is 0.170. The normalized spacial score (nSPS) is 22.7. The van der Waals surface area contributed by atoms with Gasteiger partial charge in [-0.15, -0.1) is 0 Å². The van der Waals surface area contributed by atoms with Crippen LogP contribution in [-0.4, -0.2) is 62.7 Å². The quantitative estimate of drug-likeness (QED) is 0.782. The highest BCUT2D eigenvalue weighted by molar-refractivity contribution is 4.83. The summed E-state index contributed by atoms with van der Waals surface area (Å²) < 4.78 is 0. The Balaban J connectivity index is 2.42. The second-order valence-corrected chi connectivity index (χ2v) is 6.71. The fourth-order valence-electron chi connectivity index (χ4n) is 2.85. The Kier molecular flexibility index (Phi) is 6.61. The molecule has 0 aromatic carbocycles.